The number of pyridine rings is 1. The first-order chi connectivity index (χ1) is 17.0. The minimum Gasteiger partial charge on any atom is -0.453 e. The lowest BCUT2D eigenvalue weighted by molar-refractivity contribution is -0.121. The molecule has 0 spiro atoms. The summed E-state index contributed by atoms with van der Waals surface area (Å²) in [5.41, 5.74) is 10.7. The first-order valence-corrected chi connectivity index (χ1v) is 11.2. The van der Waals surface area contributed by atoms with Crippen molar-refractivity contribution in [3.05, 3.63) is 77.1 Å². The molecule has 0 fully saturated rings. The van der Waals surface area contributed by atoms with Gasteiger partial charge in [-0.3, -0.25) is 15.1 Å². The molecule has 2 amide bonds. The molecule has 1 aliphatic heterocycles. The molecule has 1 aromatic heterocycles. The number of methoxy groups -OCH3 is 1. The van der Waals surface area contributed by atoms with E-state index in [1.807, 2.05) is 30.3 Å². The Morgan fingerprint density at radius 2 is 1.91 bits per heavy atom. The van der Waals surface area contributed by atoms with Crippen LogP contribution >= 0.6 is 11.6 Å². The molecule has 4 N–H and O–H groups in total. The van der Waals surface area contributed by atoms with Crippen LogP contribution in [-0.2, 0) is 22.5 Å². The molecule has 0 unspecified atom stereocenters. The van der Waals surface area contributed by atoms with Crippen molar-refractivity contribution < 1.29 is 14.3 Å². The van der Waals surface area contributed by atoms with Crippen molar-refractivity contribution in [2.75, 3.05) is 17.4 Å². The van der Waals surface area contributed by atoms with E-state index in [0.29, 0.717) is 30.1 Å². The number of hydrogen-bond donors (Lipinski definition) is 4. The molecule has 0 atom stereocenters. The SMILES string of the molecule is COC(=O)Nc1ccc(-c2cncc(CNC(=O)CCc3cc(Cl)ccc3N3C=NNN3)c2)cc1. The van der Waals surface area contributed by atoms with E-state index in [4.69, 9.17) is 11.6 Å². The van der Waals surface area contributed by atoms with Crippen LogP contribution in [0.2, 0.25) is 5.02 Å². The number of amides is 2. The number of anilines is 2. The van der Waals surface area contributed by atoms with Gasteiger partial charge in [-0.1, -0.05) is 23.7 Å². The lowest BCUT2D eigenvalue weighted by atomic mass is 10.1. The van der Waals surface area contributed by atoms with E-state index in [1.54, 1.807) is 41.9 Å². The van der Waals surface area contributed by atoms with Crippen molar-refractivity contribution in [2.45, 2.75) is 19.4 Å². The number of halogens is 1. The molecular formula is C24H24ClN7O3. The van der Waals surface area contributed by atoms with Gasteiger partial charge < -0.3 is 10.1 Å². The van der Waals surface area contributed by atoms with E-state index in [0.717, 1.165) is 27.9 Å². The first kappa shape index (κ1) is 24.0. The van der Waals surface area contributed by atoms with Crippen LogP contribution in [0.3, 0.4) is 0 Å². The molecule has 0 radical (unpaired) electrons. The van der Waals surface area contributed by atoms with Crippen molar-refractivity contribution in [1.82, 2.24) is 21.4 Å². The minimum atomic E-state index is -0.526. The van der Waals surface area contributed by atoms with Gasteiger partial charge in [0.05, 0.1) is 12.8 Å². The lowest BCUT2D eigenvalue weighted by Gasteiger charge is -2.18. The van der Waals surface area contributed by atoms with Crippen LogP contribution in [-0.4, -0.2) is 30.4 Å². The second-order valence-corrected chi connectivity index (χ2v) is 8.10. The molecule has 35 heavy (non-hydrogen) atoms. The largest absolute Gasteiger partial charge is 0.453 e. The molecule has 3 aromatic rings. The van der Waals surface area contributed by atoms with E-state index >= 15 is 0 Å². The van der Waals surface area contributed by atoms with Crippen LogP contribution in [0.4, 0.5) is 16.2 Å². The highest BCUT2D eigenvalue weighted by Gasteiger charge is 2.14. The molecule has 10 nitrogen and oxygen atoms in total. The van der Waals surface area contributed by atoms with Gasteiger partial charge >= 0.3 is 6.09 Å². The van der Waals surface area contributed by atoms with Gasteiger partial charge in [0, 0.05) is 41.6 Å². The number of aromatic nitrogens is 1. The lowest BCUT2D eigenvalue weighted by Crippen LogP contribution is -2.37. The van der Waals surface area contributed by atoms with Crippen molar-refractivity contribution in [3.63, 3.8) is 0 Å². The Balaban J connectivity index is 1.33. The molecule has 2 heterocycles. The van der Waals surface area contributed by atoms with Crippen molar-refractivity contribution in [1.29, 1.82) is 0 Å². The average molecular weight is 494 g/mol. The predicted molar refractivity (Wildman–Crippen MR) is 135 cm³/mol. The zero-order valence-electron chi connectivity index (χ0n) is 18.9. The average Bonchev–Trinajstić information content (AvgIpc) is 3.41. The third kappa shape index (κ3) is 6.46. The molecule has 4 rings (SSSR count). The Labute approximate surface area is 207 Å². The van der Waals surface area contributed by atoms with Crippen molar-refractivity contribution in [3.8, 4) is 11.1 Å². The Bertz CT molecular complexity index is 1230. The minimum absolute atomic E-state index is 0.0826. The number of hydrazine groups is 2. The highest BCUT2D eigenvalue weighted by atomic mass is 35.5. The van der Waals surface area contributed by atoms with Gasteiger partial charge in [0.2, 0.25) is 5.91 Å². The molecule has 2 aromatic carbocycles. The first-order valence-electron chi connectivity index (χ1n) is 10.8. The fraction of sp³-hybridized carbons (Fsp3) is 0.167. The molecule has 0 saturated carbocycles. The number of carbonyl (C=O) groups is 2. The third-order valence-electron chi connectivity index (χ3n) is 5.27. The van der Waals surface area contributed by atoms with E-state index in [1.165, 1.54) is 7.11 Å². The second kappa shape index (κ2) is 11.3. The van der Waals surface area contributed by atoms with Gasteiger partial charge in [0.25, 0.3) is 0 Å². The highest BCUT2D eigenvalue weighted by Crippen LogP contribution is 2.25. The van der Waals surface area contributed by atoms with Gasteiger partial charge in [-0.25, -0.2) is 15.3 Å². The Morgan fingerprint density at radius 1 is 1.09 bits per heavy atom. The van der Waals surface area contributed by atoms with Gasteiger partial charge in [-0.05, 0) is 59.5 Å². The smallest absolute Gasteiger partial charge is 0.411 e. The van der Waals surface area contributed by atoms with Crippen molar-refractivity contribution in [2.24, 2.45) is 5.10 Å². The standard InChI is InChI=1S/C24H24ClN7O3/c1-35-24(34)29-21-6-2-17(3-7-21)19-10-16(12-26-14-19)13-27-23(33)9-4-18-11-20(25)5-8-22(18)32-15-28-30-31-32/h2-3,5-8,10-12,14-15,30-31H,4,9,13H2,1H3,(H,27,33)(H,29,34). The van der Waals surface area contributed by atoms with Crippen LogP contribution in [0.5, 0.6) is 0 Å². The number of ether oxygens (including phenoxy) is 1. The predicted octanol–water partition coefficient (Wildman–Crippen LogP) is 3.60. The number of benzene rings is 2. The van der Waals surface area contributed by atoms with E-state index < -0.39 is 6.09 Å². The maximum Gasteiger partial charge on any atom is 0.411 e. The third-order valence-corrected chi connectivity index (χ3v) is 5.50. The quantitative estimate of drug-likeness (QED) is 0.378. The summed E-state index contributed by atoms with van der Waals surface area (Å²) in [5.74, 6) is -0.0826. The summed E-state index contributed by atoms with van der Waals surface area (Å²) in [5, 5.41) is 11.8. The Hall–Kier alpha value is -4.15. The number of carbonyl (C=O) groups excluding carboxylic acids is 2. The molecule has 0 bridgehead atoms. The van der Waals surface area contributed by atoms with E-state index in [-0.39, 0.29) is 5.91 Å². The maximum atomic E-state index is 12.5. The van der Waals surface area contributed by atoms with Crippen LogP contribution in [0, 0.1) is 0 Å². The number of hydrogen-bond acceptors (Lipinski definition) is 8. The van der Waals surface area contributed by atoms with Gasteiger partial charge in [0.15, 0.2) is 0 Å². The van der Waals surface area contributed by atoms with Gasteiger partial charge in [-0.2, -0.15) is 5.10 Å². The number of nitrogens with one attached hydrogen (secondary N) is 4. The summed E-state index contributed by atoms with van der Waals surface area (Å²) < 4.78 is 4.59. The molecule has 1 aliphatic rings. The summed E-state index contributed by atoms with van der Waals surface area (Å²) >= 11 is 6.16. The fourth-order valence-corrected chi connectivity index (χ4v) is 3.70. The maximum absolute atomic E-state index is 12.5. The summed E-state index contributed by atoms with van der Waals surface area (Å²) in [6.45, 7) is 0.355. The fourth-order valence-electron chi connectivity index (χ4n) is 3.50. The van der Waals surface area contributed by atoms with Gasteiger partial charge in [0.1, 0.15) is 6.34 Å². The van der Waals surface area contributed by atoms with Crippen LogP contribution in [0.25, 0.3) is 11.1 Å². The molecular weight excluding hydrogens is 470 g/mol. The normalized spacial score (nSPS) is 12.2. The van der Waals surface area contributed by atoms with Crippen LogP contribution in [0.1, 0.15) is 17.5 Å². The summed E-state index contributed by atoms with van der Waals surface area (Å²) in [6, 6.07) is 14.8. The number of nitrogens with zero attached hydrogens (tertiary/aromatic N) is 3. The number of aryl methyl sites for hydroxylation is 1. The second-order valence-electron chi connectivity index (χ2n) is 7.66. The molecule has 0 saturated heterocycles. The highest BCUT2D eigenvalue weighted by molar-refractivity contribution is 6.30. The van der Waals surface area contributed by atoms with E-state index in [9.17, 15) is 9.59 Å². The summed E-state index contributed by atoms with van der Waals surface area (Å²) in [7, 11) is 1.31. The monoisotopic (exact) mass is 493 g/mol. The van der Waals surface area contributed by atoms with Crippen LogP contribution < -0.4 is 26.7 Å². The Morgan fingerprint density at radius 3 is 2.66 bits per heavy atom. The number of hydrazone groups is 1. The molecule has 0 aliphatic carbocycles. The molecule has 11 heteroatoms. The zero-order valence-corrected chi connectivity index (χ0v) is 19.7. The molecule has 180 valence electrons. The van der Waals surface area contributed by atoms with E-state index in [2.05, 4.69) is 36.5 Å². The Kier molecular flexibility index (Phi) is 7.76. The van der Waals surface area contributed by atoms with Gasteiger partial charge in [-0.15, -0.1) is 5.53 Å². The number of rotatable bonds is 8. The van der Waals surface area contributed by atoms with Crippen LogP contribution in [0.15, 0.2) is 66.0 Å². The topological polar surface area (TPSA) is 120 Å². The summed E-state index contributed by atoms with van der Waals surface area (Å²) in [4.78, 5) is 28.2. The summed E-state index contributed by atoms with van der Waals surface area (Å²) in [6.07, 6.45) is 5.36. The zero-order chi connectivity index (χ0) is 24.6. The van der Waals surface area contributed by atoms with Crippen molar-refractivity contribution >= 4 is 41.3 Å².